The third-order valence-corrected chi connectivity index (χ3v) is 4.80. The summed E-state index contributed by atoms with van der Waals surface area (Å²) in [5.41, 5.74) is 0. The number of aliphatic hydroxyl groups excluding tert-OH is 1. The van der Waals surface area contributed by atoms with Gasteiger partial charge in [-0.3, -0.25) is 4.99 Å². The van der Waals surface area contributed by atoms with Crippen LogP contribution in [0.1, 0.15) is 38.5 Å². The van der Waals surface area contributed by atoms with Crippen molar-refractivity contribution in [3.63, 3.8) is 0 Å². The number of hydrogen-bond donors (Lipinski definition) is 3. The Balaban J connectivity index is 1.46. The van der Waals surface area contributed by atoms with Gasteiger partial charge in [0.15, 0.2) is 5.96 Å². The topological polar surface area (TPSA) is 65.9 Å². The Bertz CT molecular complexity index is 348. The molecule has 2 saturated heterocycles. The zero-order valence-corrected chi connectivity index (χ0v) is 11.6. The summed E-state index contributed by atoms with van der Waals surface area (Å²) in [5, 5.41) is 16.6. The van der Waals surface area contributed by atoms with Crippen molar-refractivity contribution < 1.29 is 9.84 Å². The zero-order chi connectivity index (χ0) is 13.2. The number of nitrogens with one attached hydrogen (secondary N) is 2. The summed E-state index contributed by atoms with van der Waals surface area (Å²) in [4.78, 5) is 4.28. The summed E-state index contributed by atoms with van der Waals surface area (Å²) in [6, 6.07) is 0.401. The van der Waals surface area contributed by atoms with Gasteiger partial charge in [0.25, 0.3) is 0 Å². The fourth-order valence-corrected chi connectivity index (χ4v) is 3.64. The Morgan fingerprint density at radius 1 is 1.32 bits per heavy atom. The van der Waals surface area contributed by atoms with Gasteiger partial charge >= 0.3 is 0 Å². The first-order chi connectivity index (χ1) is 9.26. The van der Waals surface area contributed by atoms with E-state index in [1.165, 1.54) is 12.8 Å². The Hall–Kier alpha value is -0.810. The molecular formula is C14H25N3O2. The van der Waals surface area contributed by atoms with E-state index < -0.39 is 0 Å². The van der Waals surface area contributed by atoms with Gasteiger partial charge in [0.1, 0.15) is 0 Å². The van der Waals surface area contributed by atoms with Gasteiger partial charge in [-0.1, -0.05) is 6.42 Å². The van der Waals surface area contributed by atoms with E-state index in [-0.39, 0.29) is 6.10 Å². The first-order valence-corrected chi connectivity index (χ1v) is 7.57. The van der Waals surface area contributed by atoms with Crippen LogP contribution in [0, 0.1) is 5.92 Å². The van der Waals surface area contributed by atoms with Crippen molar-refractivity contribution in [1.82, 2.24) is 10.6 Å². The van der Waals surface area contributed by atoms with E-state index in [0.29, 0.717) is 24.2 Å². The summed E-state index contributed by atoms with van der Waals surface area (Å²) >= 11 is 0. The minimum absolute atomic E-state index is 0.142. The Kier molecular flexibility index (Phi) is 3.93. The van der Waals surface area contributed by atoms with Gasteiger partial charge in [-0.15, -0.1) is 0 Å². The lowest BCUT2D eigenvalue weighted by molar-refractivity contribution is 0.0991. The smallest absolute Gasteiger partial charge is 0.191 e. The lowest BCUT2D eigenvalue weighted by Crippen LogP contribution is -2.48. The maximum absolute atomic E-state index is 9.82. The summed E-state index contributed by atoms with van der Waals surface area (Å²) in [6.45, 7) is 0.808. The number of ether oxygens (including phenoxy) is 1. The summed E-state index contributed by atoms with van der Waals surface area (Å²) < 4.78 is 5.84. The highest BCUT2D eigenvalue weighted by atomic mass is 16.5. The van der Waals surface area contributed by atoms with Gasteiger partial charge in [-0.05, 0) is 32.1 Å². The van der Waals surface area contributed by atoms with E-state index in [0.717, 1.165) is 38.2 Å². The maximum Gasteiger partial charge on any atom is 0.191 e. The van der Waals surface area contributed by atoms with Crippen molar-refractivity contribution in [1.29, 1.82) is 0 Å². The van der Waals surface area contributed by atoms with Crippen molar-refractivity contribution in [3.8, 4) is 0 Å². The molecule has 0 aromatic rings. The third kappa shape index (κ3) is 2.87. The van der Waals surface area contributed by atoms with Crippen molar-refractivity contribution in [2.45, 2.75) is 62.9 Å². The molecule has 2 heterocycles. The second kappa shape index (κ2) is 5.67. The van der Waals surface area contributed by atoms with Gasteiger partial charge in [0.2, 0.25) is 0 Å². The minimum Gasteiger partial charge on any atom is -0.393 e. The molecule has 2 aliphatic heterocycles. The molecule has 5 heteroatoms. The van der Waals surface area contributed by atoms with E-state index >= 15 is 0 Å². The normalized spacial score (nSPS) is 41.8. The molecule has 5 unspecified atom stereocenters. The lowest BCUT2D eigenvalue weighted by Gasteiger charge is -2.24. The maximum atomic E-state index is 9.82. The van der Waals surface area contributed by atoms with Crippen LogP contribution in [0.2, 0.25) is 0 Å². The van der Waals surface area contributed by atoms with Gasteiger partial charge in [0, 0.05) is 19.5 Å². The molecule has 3 fully saturated rings. The van der Waals surface area contributed by atoms with Crippen LogP contribution in [-0.2, 0) is 4.74 Å². The molecule has 3 aliphatic rings. The molecular weight excluding hydrogens is 242 g/mol. The Morgan fingerprint density at radius 2 is 2.21 bits per heavy atom. The molecule has 5 nitrogen and oxygen atoms in total. The van der Waals surface area contributed by atoms with E-state index in [4.69, 9.17) is 4.74 Å². The highest BCUT2D eigenvalue weighted by Gasteiger charge is 2.41. The van der Waals surface area contributed by atoms with Gasteiger partial charge in [0.05, 0.1) is 24.4 Å². The number of rotatable bonds is 3. The monoisotopic (exact) mass is 267 g/mol. The number of hydrogen-bond acceptors (Lipinski definition) is 3. The molecule has 108 valence electrons. The first-order valence-electron chi connectivity index (χ1n) is 7.57. The zero-order valence-electron chi connectivity index (χ0n) is 11.6. The van der Waals surface area contributed by atoms with Gasteiger partial charge < -0.3 is 20.5 Å². The molecule has 2 bridgehead atoms. The van der Waals surface area contributed by atoms with Gasteiger partial charge in [-0.2, -0.15) is 0 Å². The number of guanidine groups is 1. The van der Waals surface area contributed by atoms with E-state index in [1.54, 1.807) is 7.05 Å². The summed E-state index contributed by atoms with van der Waals surface area (Å²) in [6.07, 6.45) is 7.34. The van der Waals surface area contributed by atoms with Crippen molar-refractivity contribution in [2.24, 2.45) is 10.9 Å². The van der Waals surface area contributed by atoms with Crippen LogP contribution in [0.25, 0.3) is 0 Å². The van der Waals surface area contributed by atoms with Crippen molar-refractivity contribution in [2.75, 3.05) is 13.6 Å². The predicted octanol–water partition coefficient (Wildman–Crippen LogP) is 0.632. The number of aliphatic imine (C=N–C) groups is 1. The fourth-order valence-electron chi connectivity index (χ4n) is 3.64. The Morgan fingerprint density at radius 3 is 2.79 bits per heavy atom. The highest BCUT2D eigenvalue weighted by Crippen LogP contribution is 2.34. The van der Waals surface area contributed by atoms with Gasteiger partial charge in [-0.25, -0.2) is 0 Å². The van der Waals surface area contributed by atoms with Crippen LogP contribution in [0.4, 0.5) is 0 Å². The average molecular weight is 267 g/mol. The molecule has 19 heavy (non-hydrogen) atoms. The van der Waals surface area contributed by atoms with E-state index in [9.17, 15) is 5.11 Å². The fraction of sp³-hybridized carbons (Fsp3) is 0.929. The third-order valence-electron chi connectivity index (χ3n) is 4.80. The number of nitrogens with zero attached hydrogens (tertiary/aromatic N) is 1. The molecule has 1 saturated carbocycles. The molecule has 0 amide bonds. The second-order valence-corrected chi connectivity index (χ2v) is 6.07. The summed E-state index contributed by atoms with van der Waals surface area (Å²) in [5.74, 6) is 1.22. The number of aliphatic hydroxyl groups is 1. The minimum atomic E-state index is -0.142. The molecule has 0 spiro atoms. The molecule has 0 radical (unpaired) electrons. The van der Waals surface area contributed by atoms with Crippen LogP contribution in [-0.4, -0.2) is 49.0 Å². The quantitative estimate of drug-likeness (QED) is 0.518. The molecule has 0 aromatic carbocycles. The molecule has 3 N–H and O–H groups in total. The first kappa shape index (κ1) is 13.2. The predicted molar refractivity (Wildman–Crippen MR) is 74.1 cm³/mol. The van der Waals surface area contributed by atoms with Crippen LogP contribution < -0.4 is 10.6 Å². The van der Waals surface area contributed by atoms with Crippen molar-refractivity contribution >= 4 is 5.96 Å². The average Bonchev–Trinajstić information content (AvgIpc) is 3.11. The van der Waals surface area contributed by atoms with Crippen LogP contribution in [0.3, 0.4) is 0 Å². The van der Waals surface area contributed by atoms with Crippen molar-refractivity contribution in [3.05, 3.63) is 0 Å². The van der Waals surface area contributed by atoms with Crippen LogP contribution in [0.5, 0.6) is 0 Å². The van der Waals surface area contributed by atoms with E-state index in [1.807, 2.05) is 0 Å². The highest BCUT2D eigenvalue weighted by molar-refractivity contribution is 5.80. The SMILES string of the molecule is CN=C(NCC1CCCC1O)NC1CC2CCC1O2. The largest absolute Gasteiger partial charge is 0.393 e. The summed E-state index contributed by atoms with van der Waals surface area (Å²) in [7, 11) is 1.80. The van der Waals surface area contributed by atoms with E-state index in [2.05, 4.69) is 15.6 Å². The molecule has 5 atom stereocenters. The molecule has 0 aromatic heterocycles. The second-order valence-electron chi connectivity index (χ2n) is 6.07. The Labute approximate surface area is 114 Å². The molecule has 1 aliphatic carbocycles. The number of fused-ring (bicyclic) bond motifs is 2. The van der Waals surface area contributed by atoms with Crippen LogP contribution in [0.15, 0.2) is 4.99 Å². The standard InChI is InChI=1S/C14H25N3O2/c1-15-14(16-8-9-3-2-4-12(9)18)17-11-7-10-5-6-13(11)19-10/h9-13,18H,2-8H2,1H3,(H2,15,16,17). The lowest BCUT2D eigenvalue weighted by atomic mass is 9.96. The molecule has 3 rings (SSSR count). The van der Waals surface area contributed by atoms with Crippen LogP contribution >= 0.6 is 0 Å².